The lowest BCUT2D eigenvalue weighted by atomic mass is 10.2. The van der Waals surface area contributed by atoms with Gasteiger partial charge < -0.3 is 15.4 Å². The summed E-state index contributed by atoms with van der Waals surface area (Å²) in [6.07, 6.45) is 0.207. The van der Waals surface area contributed by atoms with E-state index < -0.39 is 11.8 Å². The lowest BCUT2D eigenvalue weighted by Crippen LogP contribution is -2.28. The van der Waals surface area contributed by atoms with E-state index in [4.69, 9.17) is 5.73 Å². The molecule has 1 atom stereocenters. The maximum absolute atomic E-state index is 13.9. The van der Waals surface area contributed by atoms with Crippen molar-refractivity contribution >= 4 is 17.6 Å². The van der Waals surface area contributed by atoms with Crippen molar-refractivity contribution < 1.29 is 18.7 Å². The fraction of sp³-hybridized carbons (Fsp3) is 0.333. The number of hydrogen-bond acceptors (Lipinski definition) is 4. The molecule has 1 heterocycles. The van der Waals surface area contributed by atoms with Crippen molar-refractivity contribution in [1.82, 2.24) is 0 Å². The van der Waals surface area contributed by atoms with E-state index in [1.807, 2.05) is 0 Å². The van der Waals surface area contributed by atoms with Crippen LogP contribution in [-0.2, 0) is 9.53 Å². The van der Waals surface area contributed by atoms with Crippen LogP contribution in [0.25, 0.3) is 0 Å². The Morgan fingerprint density at radius 1 is 1.56 bits per heavy atom. The van der Waals surface area contributed by atoms with Gasteiger partial charge >= 0.3 is 5.97 Å². The largest absolute Gasteiger partial charge is 0.465 e. The standard InChI is InChI=1S/C12H13FN2O3/c1-18-12(17)7-2-3-10(9(13)4-7)15-6-8(14)5-11(15)16/h2-4,8H,5-6,14H2,1H3. The van der Waals surface area contributed by atoms with E-state index in [0.29, 0.717) is 0 Å². The summed E-state index contributed by atoms with van der Waals surface area (Å²) in [4.78, 5) is 24.1. The van der Waals surface area contributed by atoms with Crippen LogP contribution in [0.15, 0.2) is 18.2 Å². The second-order valence-electron chi connectivity index (χ2n) is 4.13. The molecule has 0 aliphatic carbocycles. The van der Waals surface area contributed by atoms with Gasteiger partial charge in [0.05, 0.1) is 18.4 Å². The van der Waals surface area contributed by atoms with Crippen molar-refractivity contribution in [2.45, 2.75) is 12.5 Å². The number of carbonyl (C=O) groups excluding carboxylic acids is 2. The Morgan fingerprint density at radius 2 is 2.28 bits per heavy atom. The van der Waals surface area contributed by atoms with Gasteiger partial charge in [-0.25, -0.2) is 9.18 Å². The number of methoxy groups -OCH3 is 1. The minimum atomic E-state index is -0.639. The molecule has 1 aromatic carbocycles. The summed E-state index contributed by atoms with van der Waals surface area (Å²) < 4.78 is 18.3. The minimum Gasteiger partial charge on any atom is -0.465 e. The number of rotatable bonds is 2. The second-order valence-corrected chi connectivity index (χ2v) is 4.13. The molecule has 0 spiro atoms. The van der Waals surface area contributed by atoms with E-state index in [-0.39, 0.29) is 36.2 Å². The smallest absolute Gasteiger partial charge is 0.337 e. The van der Waals surface area contributed by atoms with Gasteiger partial charge in [-0.3, -0.25) is 4.79 Å². The van der Waals surface area contributed by atoms with Gasteiger partial charge in [0.15, 0.2) is 0 Å². The van der Waals surface area contributed by atoms with Gasteiger partial charge in [-0.15, -0.1) is 0 Å². The number of hydrogen-bond donors (Lipinski definition) is 1. The second kappa shape index (κ2) is 4.73. The van der Waals surface area contributed by atoms with Crippen molar-refractivity contribution in [2.75, 3.05) is 18.6 Å². The van der Waals surface area contributed by atoms with Crippen molar-refractivity contribution in [3.05, 3.63) is 29.6 Å². The first-order chi connectivity index (χ1) is 8.52. The molecule has 0 radical (unpaired) electrons. The van der Waals surface area contributed by atoms with Crippen LogP contribution in [0, 0.1) is 5.82 Å². The molecule has 1 aliphatic rings. The first kappa shape index (κ1) is 12.5. The monoisotopic (exact) mass is 252 g/mol. The highest BCUT2D eigenvalue weighted by atomic mass is 19.1. The Balaban J connectivity index is 2.30. The van der Waals surface area contributed by atoms with Crippen LogP contribution in [0.1, 0.15) is 16.8 Å². The molecule has 6 heteroatoms. The maximum Gasteiger partial charge on any atom is 0.337 e. The van der Waals surface area contributed by atoms with Gasteiger partial charge in [-0.05, 0) is 18.2 Å². The molecule has 0 aromatic heterocycles. The van der Waals surface area contributed by atoms with Gasteiger partial charge in [0.25, 0.3) is 0 Å². The molecule has 1 saturated heterocycles. The van der Waals surface area contributed by atoms with Crippen LogP contribution in [0.4, 0.5) is 10.1 Å². The van der Waals surface area contributed by atoms with E-state index in [2.05, 4.69) is 4.74 Å². The zero-order valence-corrected chi connectivity index (χ0v) is 9.85. The fourth-order valence-corrected chi connectivity index (χ4v) is 1.94. The quantitative estimate of drug-likeness (QED) is 0.785. The molecule has 1 aliphatic heterocycles. The molecule has 18 heavy (non-hydrogen) atoms. The number of benzene rings is 1. The molecule has 1 aromatic rings. The third-order valence-corrected chi connectivity index (χ3v) is 2.81. The van der Waals surface area contributed by atoms with Crippen molar-refractivity contribution in [3.8, 4) is 0 Å². The Kier molecular flexibility index (Phi) is 3.29. The average molecular weight is 252 g/mol. The first-order valence-electron chi connectivity index (χ1n) is 5.46. The summed E-state index contributed by atoms with van der Waals surface area (Å²) in [6.45, 7) is 0.285. The Morgan fingerprint density at radius 3 is 2.78 bits per heavy atom. The molecule has 2 rings (SSSR count). The normalized spacial score (nSPS) is 19.2. The summed E-state index contributed by atoms with van der Waals surface area (Å²) in [6, 6.07) is 3.58. The number of anilines is 1. The number of esters is 1. The Bertz CT molecular complexity index is 504. The molecule has 5 nitrogen and oxygen atoms in total. The number of ether oxygens (including phenoxy) is 1. The summed E-state index contributed by atoms with van der Waals surface area (Å²) >= 11 is 0. The molecule has 0 saturated carbocycles. The lowest BCUT2D eigenvalue weighted by molar-refractivity contribution is -0.117. The highest BCUT2D eigenvalue weighted by Crippen LogP contribution is 2.25. The molecule has 96 valence electrons. The molecule has 1 amide bonds. The van der Waals surface area contributed by atoms with Gasteiger partial charge in [0.2, 0.25) is 5.91 Å². The molecule has 1 fully saturated rings. The Hall–Kier alpha value is -1.95. The van der Waals surface area contributed by atoms with Crippen molar-refractivity contribution in [1.29, 1.82) is 0 Å². The number of nitrogens with two attached hydrogens (primary N) is 1. The minimum absolute atomic E-state index is 0.106. The van der Waals surface area contributed by atoms with Crippen LogP contribution in [0.2, 0.25) is 0 Å². The van der Waals surface area contributed by atoms with E-state index in [0.717, 1.165) is 6.07 Å². The predicted molar refractivity (Wildman–Crippen MR) is 62.7 cm³/mol. The molecule has 1 unspecified atom stereocenters. The molecular formula is C12H13FN2O3. The number of amides is 1. The topological polar surface area (TPSA) is 72.6 Å². The number of halogens is 1. The number of nitrogens with zero attached hydrogens (tertiary/aromatic N) is 1. The fourth-order valence-electron chi connectivity index (χ4n) is 1.94. The van der Waals surface area contributed by atoms with Crippen LogP contribution in [0.3, 0.4) is 0 Å². The first-order valence-corrected chi connectivity index (χ1v) is 5.46. The highest BCUT2D eigenvalue weighted by molar-refractivity contribution is 5.97. The van der Waals surface area contributed by atoms with Crippen molar-refractivity contribution in [2.24, 2.45) is 5.73 Å². The third kappa shape index (κ3) is 2.19. The maximum atomic E-state index is 13.9. The van der Waals surface area contributed by atoms with Crippen LogP contribution < -0.4 is 10.6 Å². The van der Waals surface area contributed by atoms with Gasteiger partial charge in [-0.1, -0.05) is 0 Å². The van der Waals surface area contributed by atoms with Crippen LogP contribution in [0.5, 0.6) is 0 Å². The summed E-state index contributed by atoms with van der Waals surface area (Å²) in [7, 11) is 1.22. The molecule has 0 bridgehead atoms. The SMILES string of the molecule is COC(=O)c1ccc(N2CC(N)CC2=O)c(F)c1. The summed E-state index contributed by atoms with van der Waals surface area (Å²) in [5.74, 6) is -1.47. The van der Waals surface area contributed by atoms with Crippen molar-refractivity contribution in [3.63, 3.8) is 0 Å². The molecular weight excluding hydrogens is 239 g/mol. The number of carbonyl (C=O) groups is 2. The molecule has 2 N–H and O–H groups in total. The van der Waals surface area contributed by atoms with Gasteiger partial charge in [0, 0.05) is 19.0 Å². The summed E-state index contributed by atoms with van der Waals surface area (Å²) in [5, 5.41) is 0. The average Bonchev–Trinajstić information content (AvgIpc) is 2.67. The third-order valence-electron chi connectivity index (χ3n) is 2.81. The van der Waals surface area contributed by atoms with Crippen LogP contribution >= 0.6 is 0 Å². The van der Waals surface area contributed by atoms with E-state index in [9.17, 15) is 14.0 Å². The zero-order chi connectivity index (χ0) is 13.3. The van der Waals surface area contributed by atoms with Gasteiger partial charge in [-0.2, -0.15) is 0 Å². The lowest BCUT2D eigenvalue weighted by Gasteiger charge is -2.17. The van der Waals surface area contributed by atoms with E-state index in [1.165, 1.54) is 24.1 Å². The highest BCUT2D eigenvalue weighted by Gasteiger charge is 2.30. The van der Waals surface area contributed by atoms with Gasteiger partial charge in [0.1, 0.15) is 5.82 Å². The van der Waals surface area contributed by atoms with E-state index >= 15 is 0 Å². The summed E-state index contributed by atoms with van der Waals surface area (Å²) in [5.41, 5.74) is 5.89. The van der Waals surface area contributed by atoms with Crippen LogP contribution in [-0.4, -0.2) is 31.6 Å². The van der Waals surface area contributed by atoms with E-state index in [1.54, 1.807) is 0 Å². The zero-order valence-electron chi connectivity index (χ0n) is 9.85. The predicted octanol–water partition coefficient (Wildman–Crippen LogP) is 0.676. The Labute approximate surface area is 103 Å².